The Labute approximate surface area is 169 Å². The lowest BCUT2D eigenvalue weighted by Crippen LogP contribution is -2.46. The minimum absolute atomic E-state index is 0.813. The topological polar surface area (TPSA) is 3.24 Å². The van der Waals surface area contributed by atoms with Gasteiger partial charge >= 0.3 is 0 Å². The molecule has 1 nitrogen and oxygen atoms in total. The molecule has 0 aromatic heterocycles. The Morgan fingerprint density at radius 3 is 1.93 bits per heavy atom. The number of unbranched alkanes of at least 4 members (excludes halogenated alkanes) is 8. The van der Waals surface area contributed by atoms with Gasteiger partial charge in [-0.3, -0.25) is 4.90 Å². The largest absolute Gasteiger partial charge is 0.293 e. The lowest BCUT2D eigenvalue weighted by Gasteiger charge is -2.42. The molecule has 1 saturated heterocycles. The molecule has 154 valence electrons. The normalized spacial score (nSPS) is 20.8. The fourth-order valence-corrected chi connectivity index (χ4v) is 4.92. The third-order valence-corrected chi connectivity index (χ3v) is 6.48. The fraction of sp³-hybridized carbons (Fsp3) is 0.769. The summed E-state index contributed by atoms with van der Waals surface area (Å²) in [4.78, 5) is 2.88. The Kier molecular flexibility index (Phi) is 11.8. The molecular formula is C26H45N. The Morgan fingerprint density at radius 2 is 1.30 bits per heavy atom. The second kappa shape index (κ2) is 14.2. The zero-order valence-electron chi connectivity index (χ0n) is 18.3. The van der Waals surface area contributed by atoms with Gasteiger partial charge in [-0.05, 0) is 31.2 Å². The molecule has 0 bridgehead atoms. The second-order valence-electron chi connectivity index (χ2n) is 8.80. The molecule has 1 heterocycles. The smallest absolute Gasteiger partial charge is 0.0239 e. The zero-order valence-corrected chi connectivity index (χ0v) is 18.3. The van der Waals surface area contributed by atoms with Crippen molar-refractivity contribution in [3.63, 3.8) is 0 Å². The lowest BCUT2D eigenvalue weighted by molar-refractivity contribution is 0.0622. The highest BCUT2D eigenvalue weighted by molar-refractivity contribution is 5.15. The third-order valence-electron chi connectivity index (χ3n) is 6.48. The molecule has 0 saturated carbocycles. The Bertz CT molecular complexity index is 453. The molecule has 1 aliphatic rings. The van der Waals surface area contributed by atoms with E-state index in [0.717, 1.165) is 18.6 Å². The van der Waals surface area contributed by atoms with Gasteiger partial charge in [0.1, 0.15) is 0 Å². The number of hydrogen-bond acceptors (Lipinski definition) is 1. The highest BCUT2D eigenvalue weighted by Gasteiger charge is 2.29. The fourth-order valence-electron chi connectivity index (χ4n) is 4.92. The molecule has 1 aromatic carbocycles. The summed E-state index contributed by atoms with van der Waals surface area (Å²) in [6.07, 6.45) is 21.3. The molecule has 2 rings (SSSR count). The van der Waals surface area contributed by atoms with Gasteiger partial charge in [-0.25, -0.2) is 0 Å². The average Bonchev–Trinajstić information content (AvgIpc) is 2.70. The van der Waals surface area contributed by atoms with Crippen molar-refractivity contribution < 1.29 is 0 Å². The van der Waals surface area contributed by atoms with Crippen LogP contribution in [-0.4, -0.2) is 17.0 Å². The van der Waals surface area contributed by atoms with Crippen molar-refractivity contribution in [3.05, 3.63) is 35.9 Å². The van der Waals surface area contributed by atoms with Gasteiger partial charge in [0.15, 0.2) is 0 Å². The monoisotopic (exact) mass is 371 g/mol. The van der Waals surface area contributed by atoms with Crippen molar-refractivity contribution in [2.75, 3.05) is 0 Å². The van der Waals surface area contributed by atoms with Crippen LogP contribution in [0.4, 0.5) is 0 Å². The first-order valence-electron chi connectivity index (χ1n) is 12.1. The molecule has 1 fully saturated rings. The maximum absolute atomic E-state index is 2.88. The van der Waals surface area contributed by atoms with E-state index in [1.165, 1.54) is 102 Å². The van der Waals surface area contributed by atoms with Crippen molar-refractivity contribution in [2.45, 2.75) is 129 Å². The van der Waals surface area contributed by atoms with Crippen molar-refractivity contribution in [3.8, 4) is 0 Å². The van der Waals surface area contributed by atoms with Crippen LogP contribution in [0, 0.1) is 0 Å². The van der Waals surface area contributed by atoms with Crippen LogP contribution in [0.1, 0.15) is 116 Å². The summed E-state index contributed by atoms with van der Waals surface area (Å²) >= 11 is 0. The Morgan fingerprint density at radius 1 is 0.704 bits per heavy atom. The molecule has 0 aliphatic carbocycles. The van der Waals surface area contributed by atoms with Gasteiger partial charge < -0.3 is 0 Å². The SMILES string of the molecule is CCCCCCCCCCC[C@@H]1CCC[C@@H](CCC)N1Cc1ccccc1. The number of hydrogen-bond donors (Lipinski definition) is 0. The quantitative estimate of drug-likeness (QED) is 0.298. The van der Waals surface area contributed by atoms with Gasteiger partial charge in [0.2, 0.25) is 0 Å². The first kappa shape index (κ1) is 22.5. The molecular weight excluding hydrogens is 326 g/mol. The van der Waals surface area contributed by atoms with Crippen LogP contribution in [0.15, 0.2) is 30.3 Å². The van der Waals surface area contributed by atoms with E-state index in [2.05, 4.69) is 49.1 Å². The predicted octanol–water partition coefficient (Wildman–Crippen LogP) is 8.13. The van der Waals surface area contributed by atoms with E-state index in [9.17, 15) is 0 Å². The van der Waals surface area contributed by atoms with Crippen LogP contribution < -0.4 is 0 Å². The van der Waals surface area contributed by atoms with Gasteiger partial charge in [-0.1, -0.05) is 115 Å². The van der Waals surface area contributed by atoms with Crippen LogP contribution in [0.3, 0.4) is 0 Å². The maximum Gasteiger partial charge on any atom is 0.0239 e. The lowest BCUT2D eigenvalue weighted by atomic mass is 9.89. The summed E-state index contributed by atoms with van der Waals surface area (Å²) in [6, 6.07) is 12.8. The summed E-state index contributed by atoms with van der Waals surface area (Å²) in [5, 5.41) is 0. The molecule has 1 heteroatoms. The minimum atomic E-state index is 0.813. The number of benzene rings is 1. The molecule has 0 N–H and O–H groups in total. The van der Waals surface area contributed by atoms with E-state index in [1.807, 2.05) is 0 Å². The molecule has 0 spiro atoms. The van der Waals surface area contributed by atoms with Crippen LogP contribution >= 0.6 is 0 Å². The minimum Gasteiger partial charge on any atom is -0.293 e. The number of rotatable bonds is 14. The van der Waals surface area contributed by atoms with E-state index in [0.29, 0.717) is 0 Å². The summed E-state index contributed by atoms with van der Waals surface area (Å²) in [7, 11) is 0. The van der Waals surface area contributed by atoms with E-state index < -0.39 is 0 Å². The highest BCUT2D eigenvalue weighted by Crippen LogP contribution is 2.30. The molecule has 27 heavy (non-hydrogen) atoms. The number of likely N-dealkylation sites (tertiary alicyclic amines) is 1. The van der Waals surface area contributed by atoms with Gasteiger partial charge in [0, 0.05) is 18.6 Å². The van der Waals surface area contributed by atoms with Crippen LogP contribution in [0.25, 0.3) is 0 Å². The van der Waals surface area contributed by atoms with Gasteiger partial charge in [0.05, 0.1) is 0 Å². The van der Waals surface area contributed by atoms with E-state index in [1.54, 1.807) is 0 Å². The van der Waals surface area contributed by atoms with Crippen molar-refractivity contribution >= 4 is 0 Å². The van der Waals surface area contributed by atoms with Crippen molar-refractivity contribution in [1.29, 1.82) is 0 Å². The standard InChI is InChI=1S/C26H45N/c1-3-5-6-7-8-9-10-11-15-20-26-22-16-21-25(17-4-2)27(26)23-24-18-13-12-14-19-24/h12-14,18-19,25-26H,3-11,15-17,20-23H2,1-2H3/t25-,26-/m1/s1. The molecule has 0 radical (unpaired) electrons. The Balaban J connectivity index is 1.73. The first-order valence-corrected chi connectivity index (χ1v) is 12.1. The van der Waals surface area contributed by atoms with E-state index in [-0.39, 0.29) is 0 Å². The maximum atomic E-state index is 2.88. The molecule has 1 aromatic rings. The zero-order chi connectivity index (χ0) is 19.2. The summed E-state index contributed by atoms with van der Waals surface area (Å²) in [5.41, 5.74) is 1.50. The average molecular weight is 372 g/mol. The van der Waals surface area contributed by atoms with Crippen molar-refractivity contribution in [2.24, 2.45) is 0 Å². The van der Waals surface area contributed by atoms with Gasteiger partial charge in [-0.2, -0.15) is 0 Å². The van der Waals surface area contributed by atoms with Crippen molar-refractivity contribution in [1.82, 2.24) is 4.90 Å². The number of nitrogens with zero attached hydrogens (tertiary/aromatic N) is 1. The van der Waals surface area contributed by atoms with E-state index >= 15 is 0 Å². The molecule has 0 unspecified atom stereocenters. The first-order chi connectivity index (χ1) is 13.3. The van der Waals surface area contributed by atoms with Gasteiger partial charge in [-0.15, -0.1) is 0 Å². The molecule has 1 aliphatic heterocycles. The summed E-state index contributed by atoms with van der Waals surface area (Å²) in [5.74, 6) is 0. The summed E-state index contributed by atoms with van der Waals surface area (Å²) in [6.45, 7) is 5.82. The predicted molar refractivity (Wildman–Crippen MR) is 120 cm³/mol. The van der Waals surface area contributed by atoms with Crippen LogP contribution in [0.2, 0.25) is 0 Å². The molecule has 2 atom stereocenters. The van der Waals surface area contributed by atoms with Gasteiger partial charge in [0.25, 0.3) is 0 Å². The number of piperidine rings is 1. The highest BCUT2D eigenvalue weighted by atomic mass is 15.2. The molecule has 0 amide bonds. The van der Waals surface area contributed by atoms with E-state index in [4.69, 9.17) is 0 Å². The van der Waals surface area contributed by atoms with Crippen LogP contribution in [-0.2, 0) is 6.54 Å². The Hall–Kier alpha value is -0.820. The van der Waals surface area contributed by atoms with Crippen LogP contribution in [0.5, 0.6) is 0 Å². The summed E-state index contributed by atoms with van der Waals surface area (Å²) < 4.78 is 0. The third kappa shape index (κ3) is 8.81. The second-order valence-corrected chi connectivity index (χ2v) is 8.80.